The van der Waals surface area contributed by atoms with Crippen LogP contribution in [0.25, 0.3) is 11.1 Å². The van der Waals surface area contributed by atoms with Crippen molar-refractivity contribution in [2.45, 2.75) is 0 Å². The number of hydrogen-bond acceptors (Lipinski definition) is 1. The van der Waals surface area contributed by atoms with Gasteiger partial charge in [0.1, 0.15) is 11.9 Å². The number of halogens is 6. The molecule has 102 valence electrons. The van der Waals surface area contributed by atoms with E-state index < -0.39 is 51.6 Å². The van der Waals surface area contributed by atoms with E-state index in [9.17, 15) is 26.3 Å². The number of nitrogens with zero attached hydrogens (tertiary/aromatic N) is 1. The van der Waals surface area contributed by atoms with Crippen LogP contribution in [0.15, 0.2) is 18.2 Å². The summed E-state index contributed by atoms with van der Waals surface area (Å²) in [6.45, 7) is 0. The normalized spacial score (nSPS) is 10.4. The van der Waals surface area contributed by atoms with Crippen LogP contribution >= 0.6 is 0 Å². The summed E-state index contributed by atoms with van der Waals surface area (Å²) in [5.41, 5.74) is -2.85. The molecule has 0 aliphatic carbocycles. The molecule has 0 saturated heterocycles. The van der Waals surface area contributed by atoms with E-state index in [0.29, 0.717) is 0 Å². The van der Waals surface area contributed by atoms with Crippen LogP contribution in [-0.2, 0) is 0 Å². The molecule has 7 heteroatoms. The fourth-order valence-corrected chi connectivity index (χ4v) is 1.69. The Morgan fingerprint density at radius 3 is 1.75 bits per heavy atom. The number of rotatable bonds is 1. The monoisotopic (exact) mass is 287 g/mol. The highest BCUT2D eigenvalue weighted by molar-refractivity contribution is 5.72. The molecule has 0 aromatic heterocycles. The molecule has 2 aromatic carbocycles. The van der Waals surface area contributed by atoms with E-state index in [1.54, 1.807) is 0 Å². The summed E-state index contributed by atoms with van der Waals surface area (Å²) in [5.74, 6) is -12.0. The average molecular weight is 287 g/mol. The quantitative estimate of drug-likeness (QED) is 0.441. The molecule has 2 aromatic rings. The molecule has 0 unspecified atom stereocenters. The van der Waals surface area contributed by atoms with Crippen molar-refractivity contribution in [3.05, 3.63) is 58.7 Å². The molecular weight excluding hydrogens is 284 g/mol. The summed E-state index contributed by atoms with van der Waals surface area (Å²) in [7, 11) is 0. The second-order valence-electron chi connectivity index (χ2n) is 3.72. The molecular formula is C13H3F6N. The van der Waals surface area contributed by atoms with Crippen molar-refractivity contribution in [3.63, 3.8) is 0 Å². The van der Waals surface area contributed by atoms with E-state index in [2.05, 4.69) is 0 Å². The van der Waals surface area contributed by atoms with Crippen molar-refractivity contribution in [3.8, 4) is 17.2 Å². The first-order chi connectivity index (χ1) is 9.40. The van der Waals surface area contributed by atoms with E-state index in [1.807, 2.05) is 0 Å². The van der Waals surface area contributed by atoms with Gasteiger partial charge in [0.05, 0.1) is 11.1 Å². The molecule has 0 aliphatic rings. The lowest BCUT2D eigenvalue weighted by molar-refractivity contribution is 0.381. The van der Waals surface area contributed by atoms with Gasteiger partial charge in [-0.3, -0.25) is 0 Å². The zero-order valence-corrected chi connectivity index (χ0v) is 9.45. The van der Waals surface area contributed by atoms with Crippen LogP contribution in [0.3, 0.4) is 0 Å². The van der Waals surface area contributed by atoms with Crippen LogP contribution in [0.5, 0.6) is 0 Å². The minimum atomic E-state index is -2.32. The molecule has 20 heavy (non-hydrogen) atoms. The third-order valence-electron chi connectivity index (χ3n) is 2.60. The predicted octanol–water partition coefficient (Wildman–Crippen LogP) is 4.06. The SMILES string of the molecule is N#Cc1c(F)cccc1-c1c(F)c(F)c(F)c(F)c1F. The van der Waals surface area contributed by atoms with Crippen molar-refractivity contribution in [2.24, 2.45) is 0 Å². The van der Waals surface area contributed by atoms with E-state index in [0.717, 1.165) is 18.2 Å². The molecule has 0 spiro atoms. The highest BCUT2D eigenvalue weighted by Crippen LogP contribution is 2.33. The van der Waals surface area contributed by atoms with Crippen LogP contribution in [0.1, 0.15) is 5.56 Å². The third-order valence-corrected chi connectivity index (χ3v) is 2.60. The smallest absolute Gasteiger partial charge is 0.200 e. The lowest BCUT2D eigenvalue weighted by Gasteiger charge is -2.10. The molecule has 1 nitrogen and oxygen atoms in total. The standard InChI is InChI=1S/C13H3F6N/c14-7-3-1-2-5(6(7)4-20)8-9(15)11(17)13(19)12(18)10(8)16/h1-3H. The maximum absolute atomic E-state index is 13.6. The molecule has 0 bridgehead atoms. The maximum Gasteiger partial charge on any atom is 0.200 e. The van der Waals surface area contributed by atoms with E-state index in [1.165, 1.54) is 6.07 Å². The van der Waals surface area contributed by atoms with Gasteiger partial charge >= 0.3 is 0 Å². The molecule has 0 N–H and O–H groups in total. The van der Waals surface area contributed by atoms with E-state index in [4.69, 9.17) is 5.26 Å². The number of benzene rings is 2. The molecule has 0 atom stereocenters. The first-order valence-electron chi connectivity index (χ1n) is 5.10. The lowest BCUT2D eigenvalue weighted by atomic mass is 9.98. The Morgan fingerprint density at radius 1 is 0.750 bits per heavy atom. The highest BCUT2D eigenvalue weighted by atomic mass is 19.2. The molecule has 0 heterocycles. The Kier molecular flexibility index (Phi) is 3.40. The second-order valence-corrected chi connectivity index (χ2v) is 3.72. The van der Waals surface area contributed by atoms with Gasteiger partial charge < -0.3 is 0 Å². The first kappa shape index (κ1) is 13.9. The van der Waals surface area contributed by atoms with Crippen molar-refractivity contribution >= 4 is 0 Å². The Bertz CT molecular complexity index is 718. The number of nitriles is 1. The molecule has 0 amide bonds. The first-order valence-corrected chi connectivity index (χ1v) is 5.10. The largest absolute Gasteiger partial charge is 0.206 e. The lowest BCUT2D eigenvalue weighted by Crippen LogP contribution is -2.05. The zero-order chi connectivity index (χ0) is 15.0. The van der Waals surface area contributed by atoms with Gasteiger partial charge in [-0.2, -0.15) is 5.26 Å². The molecule has 0 radical (unpaired) electrons. The van der Waals surface area contributed by atoms with Gasteiger partial charge in [-0.05, 0) is 6.07 Å². The van der Waals surface area contributed by atoms with Crippen molar-refractivity contribution < 1.29 is 26.3 Å². The zero-order valence-electron chi connectivity index (χ0n) is 9.45. The Labute approximate surface area is 108 Å². The van der Waals surface area contributed by atoms with Crippen LogP contribution < -0.4 is 0 Å². The van der Waals surface area contributed by atoms with Gasteiger partial charge in [0.25, 0.3) is 0 Å². The van der Waals surface area contributed by atoms with E-state index >= 15 is 0 Å². The Hall–Kier alpha value is -2.49. The van der Waals surface area contributed by atoms with Crippen molar-refractivity contribution in [1.82, 2.24) is 0 Å². The molecule has 2 rings (SSSR count). The average Bonchev–Trinajstić information content (AvgIpc) is 2.43. The van der Waals surface area contributed by atoms with Crippen molar-refractivity contribution in [1.29, 1.82) is 5.26 Å². The summed E-state index contributed by atoms with van der Waals surface area (Å²) >= 11 is 0. The topological polar surface area (TPSA) is 23.8 Å². The summed E-state index contributed by atoms with van der Waals surface area (Å²) in [6.07, 6.45) is 0. The predicted molar refractivity (Wildman–Crippen MR) is 56.3 cm³/mol. The molecule has 0 saturated carbocycles. The van der Waals surface area contributed by atoms with Crippen LogP contribution in [0.4, 0.5) is 26.3 Å². The van der Waals surface area contributed by atoms with Gasteiger partial charge in [-0.25, -0.2) is 26.3 Å². The van der Waals surface area contributed by atoms with Crippen LogP contribution in [0.2, 0.25) is 0 Å². The summed E-state index contributed by atoms with van der Waals surface area (Å²) in [4.78, 5) is 0. The van der Waals surface area contributed by atoms with Crippen LogP contribution in [0, 0.1) is 46.2 Å². The minimum Gasteiger partial charge on any atom is -0.206 e. The minimum absolute atomic E-state index is 0.708. The Morgan fingerprint density at radius 2 is 1.25 bits per heavy atom. The van der Waals surface area contributed by atoms with Gasteiger partial charge in [0.15, 0.2) is 23.3 Å². The van der Waals surface area contributed by atoms with Gasteiger partial charge in [-0.15, -0.1) is 0 Å². The highest BCUT2D eigenvalue weighted by Gasteiger charge is 2.28. The maximum atomic E-state index is 13.6. The van der Waals surface area contributed by atoms with Crippen LogP contribution in [-0.4, -0.2) is 0 Å². The summed E-state index contributed by atoms with van der Waals surface area (Å²) < 4.78 is 79.6. The van der Waals surface area contributed by atoms with Gasteiger partial charge in [-0.1, -0.05) is 12.1 Å². The van der Waals surface area contributed by atoms with Gasteiger partial charge in [0, 0.05) is 5.56 Å². The van der Waals surface area contributed by atoms with E-state index in [-0.39, 0.29) is 0 Å². The van der Waals surface area contributed by atoms with Crippen molar-refractivity contribution in [2.75, 3.05) is 0 Å². The Balaban J connectivity index is 2.92. The van der Waals surface area contributed by atoms with Gasteiger partial charge in [0.2, 0.25) is 5.82 Å². The fraction of sp³-hybridized carbons (Fsp3) is 0. The number of hydrogen-bond donors (Lipinski definition) is 0. The summed E-state index contributed by atoms with van der Waals surface area (Å²) in [5, 5.41) is 8.74. The third kappa shape index (κ3) is 1.90. The summed E-state index contributed by atoms with van der Waals surface area (Å²) in [6, 6.07) is 4.03. The second kappa shape index (κ2) is 4.89. The fourth-order valence-electron chi connectivity index (χ4n) is 1.69. The molecule has 0 fully saturated rings. The molecule has 0 aliphatic heterocycles.